The Morgan fingerprint density at radius 1 is 1.42 bits per heavy atom. The number of nitrogens with two attached hydrogens (primary N) is 1. The molecule has 0 aromatic heterocycles. The third-order valence-corrected chi connectivity index (χ3v) is 3.92. The minimum Gasteiger partial charge on any atom is -0.382 e. The van der Waals surface area contributed by atoms with E-state index in [9.17, 15) is 4.79 Å². The topological polar surface area (TPSA) is 64.3 Å². The number of primary amides is 1. The zero-order valence-corrected chi connectivity index (χ0v) is 11.6. The van der Waals surface area contributed by atoms with Gasteiger partial charge in [-0.3, -0.25) is 4.79 Å². The lowest BCUT2D eigenvalue weighted by molar-refractivity contribution is 0.0669. The maximum atomic E-state index is 11.3. The molecule has 1 aromatic rings. The number of hydrogen-bond donors (Lipinski definition) is 2. The molecular weight excluding hydrogens is 240 g/mol. The molecule has 0 saturated heterocycles. The molecule has 1 saturated carbocycles. The zero-order valence-electron chi connectivity index (χ0n) is 11.6. The number of ether oxygens (including phenoxy) is 1. The van der Waals surface area contributed by atoms with Crippen molar-refractivity contribution >= 4 is 11.6 Å². The van der Waals surface area contributed by atoms with Crippen LogP contribution in [0.5, 0.6) is 0 Å². The lowest BCUT2D eigenvalue weighted by atomic mass is 9.92. The van der Waals surface area contributed by atoms with Crippen LogP contribution in [0.3, 0.4) is 0 Å². The third kappa shape index (κ3) is 3.26. The lowest BCUT2D eigenvalue weighted by Gasteiger charge is -2.30. The van der Waals surface area contributed by atoms with Gasteiger partial charge in [0.05, 0.1) is 6.10 Å². The van der Waals surface area contributed by atoms with Crippen molar-refractivity contribution in [3.05, 3.63) is 29.3 Å². The smallest absolute Gasteiger partial charge is 0.249 e. The number of carbonyl (C=O) groups excluding carboxylic acids is 1. The van der Waals surface area contributed by atoms with Crippen LogP contribution in [0.4, 0.5) is 5.69 Å². The summed E-state index contributed by atoms with van der Waals surface area (Å²) < 4.78 is 5.44. The van der Waals surface area contributed by atoms with Crippen molar-refractivity contribution in [3.63, 3.8) is 0 Å². The summed E-state index contributed by atoms with van der Waals surface area (Å²) in [6.45, 7) is 1.93. The minimum absolute atomic E-state index is 0.339. The first kappa shape index (κ1) is 13.9. The van der Waals surface area contributed by atoms with E-state index in [1.165, 1.54) is 6.42 Å². The van der Waals surface area contributed by atoms with Crippen LogP contribution in [0, 0.1) is 6.92 Å². The van der Waals surface area contributed by atoms with E-state index in [1.54, 1.807) is 13.2 Å². The number of anilines is 1. The maximum Gasteiger partial charge on any atom is 0.249 e. The van der Waals surface area contributed by atoms with Crippen molar-refractivity contribution in [2.24, 2.45) is 5.73 Å². The van der Waals surface area contributed by atoms with Gasteiger partial charge in [0, 0.05) is 24.4 Å². The predicted octanol–water partition coefficient (Wildman–Crippen LogP) is 2.46. The molecule has 1 aliphatic rings. The van der Waals surface area contributed by atoms with Crippen molar-refractivity contribution in [2.75, 3.05) is 12.4 Å². The quantitative estimate of drug-likeness (QED) is 0.876. The molecule has 0 aliphatic heterocycles. The van der Waals surface area contributed by atoms with E-state index < -0.39 is 0 Å². The van der Waals surface area contributed by atoms with E-state index in [4.69, 9.17) is 10.5 Å². The van der Waals surface area contributed by atoms with Gasteiger partial charge < -0.3 is 15.8 Å². The Balaban J connectivity index is 2.10. The lowest BCUT2D eigenvalue weighted by Crippen LogP contribution is -2.31. The summed E-state index contributed by atoms with van der Waals surface area (Å²) in [7, 11) is 1.77. The molecule has 3 N–H and O–H groups in total. The van der Waals surface area contributed by atoms with Crippen LogP contribution in [0.25, 0.3) is 0 Å². The fraction of sp³-hybridized carbons (Fsp3) is 0.533. The highest BCUT2D eigenvalue weighted by Gasteiger charge is 2.22. The van der Waals surface area contributed by atoms with E-state index in [1.807, 2.05) is 19.1 Å². The van der Waals surface area contributed by atoms with Crippen molar-refractivity contribution in [1.82, 2.24) is 0 Å². The van der Waals surface area contributed by atoms with Gasteiger partial charge in [0.25, 0.3) is 0 Å². The molecule has 1 fully saturated rings. The summed E-state index contributed by atoms with van der Waals surface area (Å²) in [5, 5.41) is 3.52. The van der Waals surface area contributed by atoms with Gasteiger partial charge in [0.15, 0.2) is 0 Å². The molecule has 1 aliphatic carbocycles. The van der Waals surface area contributed by atoms with Crippen molar-refractivity contribution < 1.29 is 9.53 Å². The minimum atomic E-state index is -0.375. The molecule has 104 valence electrons. The first-order valence-corrected chi connectivity index (χ1v) is 6.80. The van der Waals surface area contributed by atoms with Crippen LogP contribution in [0.1, 0.15) is 41.6 Å². The Labute approximate surface area is 114 Å². The number of methoxy groups -OCH3 is 1. The zero-order chi connectivity index (χ0) is 13.8. The van der Waals surface area contributed by atoms with Crippen LogP contribution in [-0.2, 0) is 4.74 Å². The second-order valence-corrected chi connectivity index (χ2v) is 5.21. The number of amides is 1. The van der Waals surface area contributed by atoms with Gasteiger partial charge in [-0.05, 0) is 50.3 Å². The summed E-state index contributed by atoms with van der Waals surface area (Å²) >= 11 is 0. The van der Waals surface area contributed by atoms with Gasteiger partial charge in [-0.1, -0.05) is 6.07 Å². The molecule has 1 aromatic carbocycles. The van der Waals surface area contributed by atoms with Crippen molar-refractivity contribution in [2.45, 2.75) is 44.8 Å². The van der Waals surface area contributed by atoms with Crippen LogP contribution in [0.2, 0.25) is 0 Å². The highest BCUT2D eigenvalue weighted by Crippen LogP contribution is 2.26. The number of rotatable bonds is 4. The van der Waals surface area contributed by atoms with Gasteiger partial charge in [-0.15, -0.1) is 0 Å². The summed E-state index contributed by atoms with van der Waals surface area (Å²) in [6.07, 6.45) is 4.79. The molecule has 2 atom stereocenters. The summed E-state index contributed by atoms with van der Waals surface area (Å²) in [5.74, 6) is -0.375. The molecule has 2 unspecified atom stereocenters. The first-order chi connectivity index (χ1) is 9.11. The van der Waals surface area contributed by atoms with Crippen molar-refractivity contribution in [1.29, 1.82) is 0 Å². The number of hydrogen-bond acceptors (Lipinski definition) is 3. The fourth-order valence-electron chi connectivity index (χ4n) is 2.77. The SMILES string of the molecule is COC1CCCC(Nc2cccc(C(N)=O)c2C)C1. The average Bonchev–Trinajstić information content (AvgIpc) is 2.41. The third-order valence-electron chi connectivity index (χ3n) is 3.92. The summed E-state index contributed by atoms with van der Waals surface area (Å²) in [6, 6.07) is 6.03. The van der Waals surface area contributed by atoms with Crippen LogP contribution in [0.15, 0.2) is 18.2 Å². The Hall–Kier alpha value is -1.55. The van der Waals surface area contributed by atoms with E-state index >= 15 is 0 Å². The number of nitrogens with one attached hydrogen (secondary N) is 1. The molecule has 0 heterocycles. The Morgan fingerprint density at radius 2 is 2.21 bits per heavy atom. The molecule has 0 spiro atoms. The highest BCUT2D eigenvalue weighted by molar-refractivity contribution is 5.95. The molecule has 1 amide bonds. The second-order valence-electron chi connectivity index (χ2n) is 5.21. The summed E-state index contributed by atoms with van der Waals surface area (Å²) in [4.78, 5) is 11.3. The van der Waals surface area contributed by atoms with Gasteiger partial charge in [-0.2, -0.15) is 0 Å². The molecular formula is C15H22N2O2. The molecule has 4 nitrogen and oxygen atoms in total. The second kappa shape index (κ2) is 6.06. The fourth-order valence-corrected chi connectivity index (χ4v) is 2.77. The van der Waals surface area contributed by atoms with E-state index in [-0.39, 0.29) is 5.91 Å². The van der Waals surface area contributed by atoms with Crippen LogP contribution in [-0.4, -0.2) is 25.2 Å². The normalized spacial score (nSPS) is 23.1. The Bertz CT molecular complexity index is 459. The van der Waals surface area contributed by atoms with Crippen LogP contribution < -0.4 is 11.1 Å². The van der Waals surface area contributed by atoms with Gasteiger partial charge in [-0.25, -0.2) is 0 Å². The number of benzene rings is 1. The maximum absolute atomic E-state index is 11.3. The van der Waals surface area contributed by atoms with E-state index in [0.717, 1.165) is 30.5 Å². The number of carbonyl (C=O) groups is 1. The summed E-state index contributed by atoms with van der Waals surface area (Å²) in [5.41, 5.74) is 7.88. The van der Waals surface area contributed by atoms with E-state index in [0.29, 0.717) is 17.7 Å². The largest absolute Gasteiger partial charge is 0.382 e. The molecule has 19 heavy (non-hydrogen) atoms. The Morgan fingerprint density at radius 3 is 2.89 bits per heavy atom. The molecule has 4 heteroatoms. The Kier molecular flexibility index (Phi) is 4.43. The first-order valence-electron chi connectivity index (χ1n) is 6.80. The average molecular weight is 262 g/mol. The molecule has 0 radical (unpaired) electrons. The van der Waals surface area contributed by atoms with Crippen molar-refractivity contribution in [3.8, 4) is 0 Å². The standard InChI is InChI=1S/C15H22N2O2/c1-10-13(15(16)18)7-4-8-14(10)17-11-5-3-6-12(9-11)19-2/h4,7-8,11-12,17H,3,5-6,9H2,1-2H3,(H2,16,18). The molecule has 0 bridgehead atoms. The highest BCUT2D eigenvalue weighted by atomic mass is 16.5. The molecule has 2 rings (SSSR count). The van der Waals surface area contributed by atoms with Gasteiger partial charge in [0.2, 0.25) is 5.91 Å². The van der Waals surface area contributed by atoms with Crippen LogP contribution >= 0.6 is 0 Å². The van der Waals surface area contributed by atoms with Gasteiger partial charge >= 0.3 is 0 Å². The monoisotopic (exact) mass is 262 g/mol. The van der Waals surface area contributed by atoms with Gasteiger partial charge in [0.1, 0.15) is 0 Å². The predicted molar refractivity (Wildman–Crippen MR) is 76.4 cm³/mol. The van der Waals surface area contributed by atoms with E-state index in [2.05, 4.69) is 5.32 Å².